The largest absolute Gasteiger partial charge is 0.463 e. The molecule has 276 valence electrons. The SMILES string of the molecule is CCOC(=O)/C(C)=C/c1cccc(C2(C)C/C=C\CC(C)(C)N(C)C(=O)OCc3c(c(F)cc4[nH]ccc34)Oc3ccc(F)c(c3)-c3nc2nn3C)c1. The summed E-state index contributed by atoms with van der Waals surface area (Å²) >= 11 is 0. The number of amides is 1. The Balaban J connectivity index is 1.50. The second kappa shape index (κ2) is 14.7. The minimum Gasteiger partial charge on any atom is -0.463 e. The van der Waals surface area contributed by atoms with Crippen molar-refractivity contribution in [2.24, 2.45) is 7.05 Å². The summed E-state index contributed by atoms with van der Waals surface area (Å²) in [6.45, 7) is 9.32. The minimum absolute atomic E-state index is 0.0980. The topological polar surface area (TPSA) is 112 Å². The Kier molecular flexibility index (Phi) is 10.3. The van der Waals surface area contributed by atoms with E-state index in [0.717, 1.165) is 11.1 Å². The van der Waals surface area contributed by atoms with Gasteiger partial charge in [0.25, 0.3) is 0 Å². The molecule has 1 amide bonds. The van der Waals surface area contributed by atoms with Gasteiger partial charge in [0.05, 0.1) is 17.6 Å². The van der Waals surface area contributed by atoms with Gasteiger partial charge < -0.3 is 24.1 Å². The first-order chi connectivity index (χ1) is 25.2. The van der Waals surface area contributed by atoms with Crippen molar-refractivity contribution >= 4 is 29.0 Å². The first kappa shape index (κ1) is 37.0. The molecule has 1 unspecified atom stereocenters. The Morgan fingerprint density at radius 3 is 2.58 bits per heavy atom. The van der Waals surface area contributed by atoms with Crippen LogP contribution in [0.5, 0.6) is 11.5 Å². The van der Waals surface area contributed by atoms with Gasteiger partial charge in [-0.3, -0.25) is 0 Å². The van der Waals surface area contributed by atoms with Crippen LogP contribution in [0.15, 0.2) is 78.5 Å². The van der Waals surface area contributed by atoms with Crippen LogP contribution in [0.1, 0.15) is 70.0 Å². The highest BCUT2D eigenvalue weighted by Crippen LogP contribution is 2.39. The van der Waals surface area contributed by atoms with Crippen LogP contribution < -0.4 is 4.74 Å². The number of H-pyrrole nitrogens is 1. The molecule has 0 radical (unpaired) electrons. The minimum atomic E-state index is -0.833. The lowest BCUT2D eigenvalue weighted by molar-refractivity contribution is -0.138. The molecule has 53 heavy (non-hydrogen) atoms. The van der Waals surface area contributed by atoms with Crippen molar-refractivity contribution in [2.45, 2.75) is 65.0 Å². The van der Waals surface area contributed by atoms with Crippen molar-refractivity contribution in [3.63, 3.8) is 0 Å². The van der Waals surface area contributed by atoms with Crippen LogP contribution >= 0.6 is 0 Å². The van der Waals surface area contributed by atoms with Gasteiger partial charge in [-0.05, 0) is 88.9 Å². The van der Waals surface area contributed by atoms with Gasteiger partial charge in [-0.25, -0.2) is 28.0 Å². The number of aromatic amines is 1. The number of cyclic esters (lactones) is 1. The van der Waals surface area contributed by atoms with Crippen molar-refractivity contribution in [1.82, 2.24) is 24.6 Å². The van der Waals surface area contributed by atoms with Crippen LogP contribution in [0, 0.1) is 11.6 Å². The number of allylic oxidation sites excluding steroid dienone is 1. The van der Waals surface area contributed by atoms with Crippen LogP contribution in [0.2, 0.25) is 0 Å². The van der Waals surface area contributed by atoms with E-state index < -0.39 is 34.7 Å². The molecular formula is C41H43F2N5O5. The van der Waals surface area contributed by atoms with Gasteiger partial charge >= 0.3 is 12.1 Å². The Bertz CT molecular complexity index is 2250. The number of rotatable bonds is 4. The van der Waals surface area contributed by atoms with Gasteiger partial charge in [0.1, 0.15) is 18.2 Å². The Hall–Kier alpha value is -5.78. The number of ether oxygens (including phenoxy) is 3. The van der Waals surface area contributed by atoms with Crippen LogP contribution in [0.25, 0.3) is 28.4 Å². The highest BCUT2D eigenvalue weighted by molar-refractivity contribution is 5.93. The van der Waals surface area contributed by atoms with E-state index in [2.05, 4.69) is 4.98 Å². The summed E-state index contributed by atoms with van der Waals surface area (Å²) in [6.07, 6.45) is 7.77. The van der Waals surface area contributed by atoms with Crippen LogP contribution in [0.4, 0.5) is 13.6 Å². The van der Waals surface area contributed by atoms with Gasteiger partial charge in [0.2, 0.25) is 0 Å². The molecule has 4 bridgehead atoms. The summed E-state index contributed by atoms with van der Waals surface area (Å²) in [7, 11) is 3.35. The molecular weight excluding hydrogens is 680 g/mol. The van der Waals surface area contributed by atoms with Gasteiger partial charge in [0, 0.05) is 53.9 Å². The maximum absolute atomic E-state index is 15.7. The molecule has 0 saturated heterocycles. The molecule has 12 heteroatoms. The number of nitrogens with one attached hydrogen (secondary N) is 1. The zero-order chi connectivity index (χ0) is 38.1. The number of benzene rings is 3. The number of hydrogen-bond acceptors (Lipinski definition) is 7. The number of esters is 1. The first-order valence-corrected chi connectivity index (χ1v) is 17.4. The van der Waals surface area contributed by atoms with E-state index >= 15 is 8.78 Å². The van der Waals surface area contributed by atoms with E-state index in [1.165, 1.54) is 33.8 Å². The molecule has 0 saturated carbocycles. The van der Waals surface area contributed by atoms with Crippen molar-refractivity contribution in [1.29, 1.82) is 0 Å². The molecule has 1 aliphatic rings. The molecule has 1 N–H and O–H groups in total. The highest BCUT2D eigenvalue weighted by Gasteiger charge is 2.35. The van der Waals surface area contributed by atoms with Crippen LogP contribution in [-0.4, -0.2) is 55.9 Å². The lowest BCUT2D eigenvalue weighted by Gasteiger charge is -2.34. The zero-order valence-electron chi connectivity index (χ0n) is 30.9. The van der Waals surface area contributed by atoms with Gasteiger partial charge in [0.15, 0.2) is 23.2 Å². The number of hydrogen-bond donors (Lipinski definition) is 1. The second-order valence-corrected chi connectivity index (χ2v) is 14.0. The third-order valence-corrected chi connectivity index (χ3v) is 9.86. The number of aromatic nitrogens is 4. The average molecular weight is 724 g/mol. The predicted octanol–water partition coefficient (Wildman–Crippen LogP) is 9.00. The fourth-order valence-electron chi connectivity index (χ4n) is 6.36. The number of fused-ring (bicyclic) bond motifs is 8. The average Bonchev–Trinajstić information content (AvgIpc) is 3.76. The fourth-order valence-corrected chi connectivity index (χ4v) is 6.36. The summed E-state index contributed by atoms with van der Waals surface area (Å²) in [5.74, 6) is -0.998. The van der Waals surface area contributed by atoms with E-state index in [1.54, 1.807) is 46.3 Å². The Morgan fingerprint density at radius 1 is 1.04 bits per heavy atom. The van der Waals surface area contributed by atoms with Gasteiger partial charge in [-0.15, -0.1) is 0 Å². The predicted molar refractivity (Wildman–Crippen MR) is 198 cm³/mol. The number of nitrogens with zero attached hydrogens (tertiary/aromatic N) is 4. The van der Waals surface area contributed by atoms with Crippen molar-refractivity contribution in [3.8, 4) is 22.9 Å². The van der Waals surface area contributed by atoms with E-state index in [0.29, 0.717) is 40.7 Å². The number of carbonyl (C=O) groups is 2. The molecule has 10 nitrogen and oxygen atoms in total. The summed E-state index contributed by atoms with van der Waals surface area (Å²) in [4.78, 5) is 35.3. The molecule has 1 aliphatic heterocycles. The smallest absolute Gasteiger partial charge is 0.410 e. The number of aryl methyl sites for hydroxylation is 1. The summed E-state index contributed by atoms with van der Waals surface area (Å²) in [6, 6.07) is 14.9. The number of halogens is 2. The number of carbonyl (C=O) groups excluding carboxylic acids is 2. The Labute approximate surface area is 307 Å². The van der Waals surface area contributed by atoms with E-state index in [1.807, 2.05) is 57.2 Å². The fraction of sp³-hybridized carbons (Fsp3) is 0.317. The molecule has 2 aromatic heterocycles. The van der Waals surface area contributed by atoms with Crippen molar-refractivity contribution < 1.29 is 32.6 Å². The van der Waals surface area contributed by atoms with Gasteiger partial charge in [-0.2, -0.15) is 5.10 Å². The quantitative estimate of drug-likeness (QED) is 0.112. The van der Waals surface area contributed by atoms with E-state index in [9.17, 15) is 9.59 Å². The standard InChI is InChI=1S/C41H43F2N5O5/c1-8-51-37(49)25(2)20-26-12-11-13-27(21-26)41(5)18-10-9-17-40(3,4)47(6)39(50)52-24-31-29-16-19-44-34(29)23-33(43)35(31)53-28-14-15-32(42)30(22-28)36-45-38(41)46-48(36)7/h9-16,19-23,44H,8,17-18,24H2,1-7H3/b10-9-,25-20+. The second-order valence-electron chi connectivity index (χ2n) is 14.0. The molecule has 5 aromatic rings. The normalized spacial score (nSPS) is 18.6. The van der Waals surface area contributed by atoms with E-state index in [4.69, 9.17) is 24.3 Å². The molecule has 0 aliphatic carbocycles. The molecule has 3 aromatic carbocycles. The zero-order valence-corrected chi connectivity index (χ0v) is 30.9. The maximum Gasteiger partial charge on any atom is 0.410 e. The molecule has 6 rings (SSSR count). The molecule has 0 fully saturated rings. The molecule has 3 heterocycles. The van der Waals surface area contributed by atoms with Crippen molar-refractivity contribution in [2.75, 3.05) is 13.7 Å². The molecule has 0 spiro atoms. The first-order valence-electron chi connectivity index (χ1n) is 17.4. The third kappa shape index (κ3) is 7.44. The van der Waals surface area contributed by atoms with Gasteiger partial charge in [-0.1, -0.05) is 36.4 Å². The summed E-state index contributed by atoms with van der Waals surface area (Å²) in [5, 5.41) is 5.43. The third-order valence-electron chi connectivity index (χ3n) is 9.86. The van der Waals surface area contributed by atoms with Crippen LogP contribution in [-0.2, 0) is 33.3 Å². The summed E-state index contributed by atoms with van der Waals surface area (Å²) in [5.41, 5.74) is 1.51. The molecule has 1 atom stereocenters. The Morgan fingerprint density at radius 2 is 1.81 bits per heavy atom. The lowest BCUT2D eigenvalue weighted by atomic mass is 9.77. The van der Waals surface area contributed by atoms with Crippen molar-refractivity contribution in [3.05, 3.63) is 113 Å². The maximum atomic E-state index is 15.7. The monoisotopic (exact) mass is 723 g/mol. The highest BCUT2D eigenvalue weighted by atomic mass is 19.1. The van der Waals surface area contributed by atoms with E-state index in [-0.39, 0.29) is 36.1 Å². The lowest BCUT2D eigenvalue weighted by Crippen LogP contribution is -2.44. The summed E-state index contributed by atoms with van der Waals surface area (Å²) < 4.78 is 50.0. The van der Waals surface area contributed by atoms with Crippen LogP contribution in [0.3, 0.4) is 0 Å².